The summed E-state index contributed by atoms with van der Waals surface area (Å²) in [6, 6.07) is 11.3. The summed E-state index contributed by atoms with van der Waals surface area (Å²) in [5.41, 5.74) is 1.41. The normalized spacial score (nSPS) is 10.8. The summed E-state index contributed by atoms with van der Waals surface area (Å²) >= 11 is 11.8. The van der Waals surface area contributed by atoms with Crippen LogP contribution >= 0.6 is 23.2 Å². The van der Waals surface area contributed by atoms with E-state index in [1.54, 1.807) is 6.07 Å². The lowest BCUT2D eigenvalue weighted by Crippen LogP contribution is -2.29. The van der Waals surface area contributed by atoms with Gasteiger partial charge in [0.25, 0.3) is 0 Å². The van der Waals surface area contributed by atoms with E-state index in [0.717, 1.165) is 11.6 Å². The van der Waals surface area contributed by atoms with Gasteiger partial charge in [0, 0.05) is 11.6 Å². The zero-order valence-corrected chi connectivity index (χ0v) is 13.5. The van der Waals surface area contributed by atoms with E-state index in [2.05, 4.69) is 5.32 Å². The van der Waals surface area contributed by atoms with Crippen LogP contribution in [0.4, 0.5) is 10.1 Å². The summed E-state index contributed by atoms with van der Waals surface area (Å²) in [4.78, 5) is 13.8. The fraction of sp³-hybridized carbons (Fsp3) is 0.188. The van der Waals surface area contributed by atoms with Gasteiger partial charge < -0.3 is 5.32 Å². The maximum absolute atomic E-state index is 13.0. The highest BCUT2D eigenvalue weighted by atomic mass is 35.5. The number of nitrogens with zero attached hydrogens (tertiary/aromatic N) is 1. The number of benzene rings is 2. The van der Waals surface area contributed by atoms with Gasteiger partial charge in [0.05, 0.1) is 17.3 Å². The third-order valence-electron chi connectivity index (χ3n) is 2.96. The lowest BCUT2D eigenvalue weighted by Gasteiger charge is -2.17. The standard InChI is InChI=1S/C16H15Cl2FN2O/c1-21(9-11-3-2-4-12(17)7-11)10-16(22)20-15-6-5-13(19)8-14(15)18/h2-8H,9-10H2,1H3,(H,20,22). The fourth-order valence-electron chi connectivity index (χ4n) is 2.03. The van der Waals surface area contributed by atoms with E-state index in [1.165, 1.54) is 12.1 Å². The molecule has 0 spiro atoms. The third-order valence-corrected chi connectivity index (χ3v) is 3.51. The van der Waals surface area contributed by atoms with Crippen LogP contribution in [0.1, 0.15) is 5.56 Å². The van der Waals surface area contributed by atoms with Gasteiger partial charge in [-0.1, -0.05) is 35.3 Å². The largest absolute Gasteiger partial charge is 0.324 e. The zero-order valence-electron chi connectivity index (χ0n) is 11.9. The molecule has 1 amide bonds. The molecule has 22 heavy (non-hydrogen) atoms. The molecule has 1 N–H and O–H groups in total. The number of rotatable bonds is 5. The molecule has 0 saturated heterocycles. The molecule has 0 unspecified atom stereocenters. The Morgan fingerprint density at radius 3 is 2.68 bits per heavy atom. The first-order valence-electron chi connectivity index (χ1n) is 6.62. The molecule has 116 valence electrons. The van der Waals surface area contributed by atoms with Gasteiger partial charge in [0.15, 0.2) is 0 Å². The minimum Gasteiger partial charge on any atom is -0.324 e. The highest BCUT2D eigenvalue weighted by Crippen LogP contribution is 2.22. The van der Waals surface area contributed by atoms with Crippen molar-refractivity contribution < 1.29 is 9.18 Å². The first-order valence-corrected chi connectivity index (χ1v) is 7.37. The Hall–Kier alpha value is -1.62. The lowest BCUT2D eigenvalue weighted by atomic mass is 10.2. The second kappa shape index (κ2) is 7.58. The molecule has 0 fully saturated rings. The van der Waals surface area contributed by atoms with Crippen molar-refractivity contribution in [3.05, 3.63) is 63.9 Å². The fourth-order valence-corrected chi connectivity index (χ4v) is 2.46. The highest BCUT2D eigenvalue weighted by molar-refractivity contribution is 6.33. The number of halogens is 3. The first-order chi connectivity index (χ1) is 10.4. The van der Waals surface area contributed by atoms with Crippen LogP contribution in [0.15, 0.2) is 42.5 Å². The predicted molar refractivity (Wildman–Crippen MR) is 87.8 cm³/mol. The molecule has 0 aliphatic rings. The van der Waals surface area contributed by atoms with Crippen molar-refractivity contribution in [3.63, 3.8) is 0 Å². The van der Waals surface area contributed by atoms with Gasteiger partial charge in [0.1, 0.15) is 5.82 Å². The van der Waals surface area contributed by atoms with Crippen molar-refractivity contribution in [1.82, 2.24) is 4.90 Å². The van der Waals surface area contributed by atoms with E-state index in [1.807, 2.05) is 30.1 Å². The van der Waals surface area contributed by atoms with E-state index in [-0.39, 0.29) is 17.5 Å². The number of anilines is 1. The average molecular weight is 341 g/mol. The molecule has 0 saturated carbocycles. The van der Waals surface area contributed by atoms with Crippen LogP contribution in [0.3, 0.4) is 0 Å². The van der Waals surface area contributed by atoms with Crippen LogP contribution in [0.25, 0.3) is 0 Å². The maximum Gasteiger partial charge on any atom is 0.238 e. The number of amides is 1. The molecule has 0 heterocycles. The second-order valence-corrected chi connectivity index (χ2v) is 5.82. The van der Waals surface area contributed by atoms with Gasteiger partial charge in [-0.05, 0) is 42.9 Å². The van der Waals surface area contributed by atoms with Crippen molar-refractivity contribution in [1.29, 1.82) is 0 Å². The molecule has 0 aliphatic carbocycles. The molecule has 2 rings (SSSR count). The quantitative estimate of drug-likeness (QED) is 0.884. The molecular weight excluding hydrogens is 326 g/mol. The maximum atomic E-state index is 13.0. The number of hydrogen-bond donors (Lipinski definition) is 1. The molecule has 2 aromatic carbocycles. The number of carbonyl (C=O) groups excluding carboxylic acids is 1. The zero-order chi connectivity index (χ0) is 16.1. The van der Waals surface area contributed by atoms with Crippen LogP contribution in [0.2, 0.25) is 10.0 Å². The summed E-state index contributed by atoms with van der Waals surface area (Å²) in [5, 5.41) is 3.49. The second-order valence-electron chi connectivity index (χ2n) is 4.97. The smallest absolute Gasteiger partial charge is 0.238 e. The number of nitrogens with one attached hydrogen (secondary N) is 1. The average Bonchev–Trinajstić information content (AvgIpc) is 2.41. The third kappa shape index (κ3) is 4.98. The number of carbonyl (C=O) groups is 1. The van der Waals surface area contributed by atoms with Crippen molar-refractivity contribution in [2.45, 2.75) is 6.54 Å². The Morgan fingerprint density at radius 1 is 1.23 bits per heavy atom. The van der Waals surface area contributed by atoms with E-state index < -0.39 is 5.82 Å². The molecule has 0 bridgehead atoms. The van der Waals surface area contributed by atoms with Gasteiger partial charge in [-0.2, -0.15) is 0 Å². The Morgan fingerprint density at radius 2 is 2.00 bits per heavy atom. The molecule has 0 radical (unpaired) electrons. The van der Waals surface area contributed by atoms with Crippen molar-refractivity contribution in [2.24, 2.45) is 0 Å². The number of hydrogen-bond acceptors (Lipinski definition) is 2. The van der Waals surface area contributed by atoms with Crippen LogP contribution in [-0.4, -0.2) is 24.4 Å². The van der Waals surface area contributed by atoms with E-state index in [4.69, 9.17) is 23.2 Å². The Balaban J connectivity index is 1.91. The molecule has 2 aromatic rings. The monoisotopic (exact) mass is 340 g/mol. The van der Waals surface area contributed by atoms with Crippen LogP contribution in [-0.2, 0) is 11.3 Å². The Kier molecular flexibility index (Phi) is 5.77. The van der Waals surface area contributed by atoms with Crippen molar-refractivity contribution in [3.8, 4) is 0 Å². The minimum absolute atomic E-state index is 0.172. The van der Waals surface area contributed by atoms with Gasteiger partial charge in [-0.3, -0.25) is 9.69 Å². The van der Waals surface area contributed by atoms with Crippen LogP contribution < -0.4 is 5.32 Å². The predicted octanol–water partition coefficient (Wildman–Crippen LogP) is 4.20. The summed E-state index contributed by atoms with van der Waals surface area (Å²) in [6.07, 6.45) is 0. The molecule has 3 nitrogen and oxygen atoms in total. The lowest BCUT2D eigenvalue weighted by molar-refractivity contribution is -0.117. The molecule has 0 aliphatic heterocycles. The van der Waals surface area contributed by atoms with Crippen molar-refractivity contribution >= 4 is 34.8 Å². The molecule has 0 atom stereocenters. The van der Waals surface area contributed by atoms with Crippen LogP contribution in [0, 0.1) is 5.82 Å². The summed E-state index contributed by atoms with van der Waals surface area (Å²) in [6.45, 7) is 0.769. The summed E-state index contributed by atoms with van der Waals surface area (Å²) in [7, 11) is 1.83. The first kappa shape index (κ1) is 16.7. The Bertz CT molecular complexity index is 679. The van der Waals surface area contributed by atoms with E-state index in [0.29, 0.717) is 17.3 Å². The van der Waals surface area contributed by atoms with E-state index >= 15 is 0 Å². The van der Waals surface area contributed by atoms with Gasteiger partial charge >= 0.3 is 0 Å². The summed E-state index contributed by atoms with van der Waals surface area (Å²) in [5.74, 6) is -0.667. The summed E-state index contributed by atoms with van der Waals surface area (Å²) < 4.78 is 13.0. The minimum atomic E-state index is -0.443. The molecule has 6 heteroatoms. The Labute approximate surface area is 138 Å². The molecular formula is C16H15Cl2FN2O. The van der Waals surface area contributed by atoms with Gasteiger partial charge in [-0.15, -0.1) is 0 Å². The SMILES string of the molecule is CN(CC(=O)Nc1ccc(F)cc1Cl)Cc1cccc(Cl)c1. The molecule has 0 aromatic heterocycles. The van der Waals surface area contributed by atoms with Crippen LogP contribution in [0.5, 0.6) is 0 Å². The van der Waals surface area contributed by atoms with Crippen molar-refractivity contribution in [2.75, 3.05) is 18.9 Å². The topological polar surface area (TPSA) is 32.3 Å². The van der Waals surface area contributed by atoms with Gasteiger partial charge in [0.2, 0.25) is 5.91 Å². The van der Waals surface area contributed by atoms with Gasteiger partial charge in [-0.25, -0.2) is 4.39 Å². The van der Waals surface area contributed by atoms with E-state index in [9.17, 15) is 9.18 Å². The highest BCUT2D eigenvalue weighted by Gasteiger charge is 2.10. The number of likely N-dealkylation sites (N-methyl/N-ethyl adjacent to an activating group) is 1.